The quantitative estimate of drug-likeness (QED) is 0.752. The Labute approximate surface area is 100.0 Å². The summed E-state index contributed by atoms with van der Waals surface area (Å²) in [4.78, 5) is 13.9. The lowest BCUT2D eigenvalue weighted by Crippen LogP contribution is -2.44. The average molecular weight is 240 g/mol. The van der Waals surface area contributed by atoms with Crippen molar-refractivity contribution in [3.63, 3.8) is 0 Å². The van der Waals surface area contributed by atoms with E-state index in [1.54, 1.807) is 29.2 Å². The van der Waals surface area contributed by atoms with Gasteiger partial charge in [0.05, 0.1) is 12.7 Å². The summed E-state index contributed by atoms with van der Waals surface area (Å²) in [5.41, 5.74) is 0.640. The van der Waals surface area contributed by atoms with Crippen molar-refractivity contribution in [2.75, 3.05) is 19.7 Å². The summed E-state index contributed by atoms with van der Waals surface area (Å²) < 4.78 is 5.40. The third-order valence-corrected chi connectivity index (χ3v) is 2.83. The Morgan fingerprint density at radius 2 is 2.38 bits per heavy atom. The van der Waals surface area contributed by atoms with Crippen molar-refractivity contribution in [1.82, 2.24) is 4.90 Å². The lowest BCUT2D eigenvalue weighted by Gasteiger charge is -2.31. The van der Waals surface area contributed by atoms with E-state index in [1.165, 1.54) is 0 Å². The molecule has 4 heteroatoms. The Hall–Kier alpha value is -1.06. The van der Waals surface area contributed by atoms with Crippen LogP contribution in [0.3, 0.4) is 0 Å². The highest BCUT2D eigenvalue weighted by molar-refractivity contribution is 6.30. The highest BCUT2D eigenvalue weighted by Gasteiger charge is 2.22. The Bertz CT molecular complexity index is 394. The molecule has 1 unspecified atom stereocenters. The summed E-state index contributed by atoms with van der Waals surface area (Å²) >= 11 is 5.86. The molecule has 1 aromatic carbocycles. The number of nitrogens with zero attached hydrogens (tertiary/aromatic N) is 1. The summed E-state index contributed by atoms with van der Waals surface area (Å²) in [5.74, 6) is 0.0256. The molecule has 0 bridgehead atoms. The average Bonchev–Trinajstić information content (AvgIpc) is 2.28. The molecular weight excluding hydrogens is 226 g/mol. The van der Waals surface area contributed by atoms with Gasteiger partial charge in [-0.15, -0.1) is 0 Å². The largest absolute Gasteiger partial charge is 0.375 e. The minimum Gasteiger partial charge on any atom is -0.375 e. The van der Waals surface area contributed by atoms with Crippen LogP contribution < -0.4 is 0 Å². The van der Waals surface area contributed by atoms with Crippen molar-refractivity contribution in [2.24, 2.45) is 0 Å². The summed E-state index contributed by atoms with van der Waals surface area (Å²) in [6.45, 7) is 3.87. The van der Waals surface area contributed by atoms with Gasteiger partial charge in [-0.2, -0.15) is 0 Å². The zero-order chi connectivity index (χ0) is 11.5. The van der Waals surface area contributed by atoms with E-state index in [4.69, 9.17) is 16.3 Å². The van der Waals surface area contributed by atoms with E-state index in [0.29, 0.717) is 30.3 Å². The number of benzene rings is 1. The first-order chi connectivity index (χ1) is 7.66. The van der Waals surface area contributed by atoms with Crippen LogP contribution >= 0.6 is 11.6 Å². The molecule has 2 rings (SSSR count). The minimum atomic E-state index is 0.0256. The molecule has 0 aliphatic carbocycles. The molecule has 0 spiro atoms. The molecule has 1 aromatic rings. The van der Waals surface area contributed by atoms with Crippen LogP contribution in [0.15, 0.2) is 24.3 Å². The maximum atomic E-state index is 12.1. The molecule has 16 heavy (non-hydrogen) atoms. The van der Waals surface area contributed by atoms with Gasteiger partial charge in [0, 0.05) is 23.7 Å². The van der Waals surface area contributed by atoms with Crippen LogP contribution in [0.1, 0.15) is 17.3 Å². The number of carbonyl (C=O) groups is 1. The zero-order valence-corrected chi connectivity index (χ0v) is 9.91. The monoisotopic (exact) mass is 239 g/mol. The number of halogens is 1. The molecule has 1 fully saturated rings. The van der Waals surface area contributed by atoms with Gasteiger partial charge in [0.15, 0.2) is 0 Å². The number of hydrogen-bond acceptors (Lipinski definition) is 2. The van der Waals surface area contributed by atoms with E-state index in [2.05, 4.69) is 0 Å². The van der Waals surface area contributed by atoms with Crippen LogP contribution in [0.5, 0.6) is 0 Å². The Balaban J connectivity index is 2.12. The predicted molar refractivity (Wildman–Crippen MR) is 62.8 cm³/mol. The molecule has 1 aliphatic heterocycles. The SMILES string of the molecule is CC1CN(C(=O)c2cccc(Cl)c2)CCO1. The van der Waals surface area contributed by atoms with Gasteiger partial charge in [0.1, 0.15) is 0 Å². The Morgan fingerprint density at radius 1 is 1.56 bits per heavy atom. The van der Waals surface area contributed by atoms with Crippen LogP contribution in [0.25, 0.3) is 0 Å². The first-order valence-electron chi connectivity index (χ1n) is 5.33. The molecular formula is C12H14ClNO2. The van der Waals surface area contributed by atoms with Crippen LogP contribution in [-0.4, -0.2) is 36.6 Å². The lowest BCUT2D eigenvalue weighted by molar-refractivity contribution is -0.0124. The number of rotatable bonds is 1. The Morgan fingerprint density at radius 3 is 3.06 bits per heavy atom. The Kier molecular flexibility index (Phi) is 3.46. The topological polar surface area (TPSA) is 29.5 Å². The van der Waals surface area contributed by atoms with Crippen molar-refractivity contribution in [1.29, 1.82) is 0 Å². The van der Waals surface area contributed by atoms with Crippen LogP contribution in [-0.2, 0) is 4.74 Å². The fourth-order valence-electron chi connectivity index (χ4n) is 1.81. The van der Waals surface area contributed by atoms with Crippen molar-refractivity contribution < 1.29 is 9.53 Å². The summed E-state index contributed by atoms with van der Waals surface area (Å²) in [5, 5.41) is 0.590. The summed E-state index contributed by atoms with van der Waals surface area (Å²) in [6.07, 6.45) is 0.108. The molecule has 1 aliphatic rings. The summed E-state index contributed by atoms with van der Waals surface area (Å²) in [7, 11) is 0. The van der Waals surface area contributed by atoms with Crippen molar-refractivity contribution in [2.45, 2.75) is 13.0 Å². The van der Waals surface area contributed by atoms with E-state index in [9.17, 15) is 4.79 Å². The van der Waals surface area contributed by atoms with Gasteiger partial charge in [-0.05, 0) is 25.1 Å². The van der Waals surface area contributed by atoms with Gasteiger partial charge in [-0.3, -0.25) is 4.79 Å². The second-order valence-corrected chi connectivity index (χ2v) is 4.38. The van der Waals surface area contributed by atoms with Crippen molar-refractivity contribution >= 4 is 17.5 Å². The molecule has 0 N–H and O–H groups in total. The van der Waals surface area contributed by atoms with Crippen LogP contribution in [0.4, 0.5) is 0 Å². The van der Waals surface area contributed by atoms with E-state index >= 15 is 0 Å². The van der Waals surface area contributed by atoms with Gasteiger partial charge in [0.25, 0.3) is 5.91 Å². The standard InChI is InChI=1S/C12H14ClNO2/c1-9-8-14(5-6-16-9)12(15)10-3-2-4-11(13)7-10/h2-4,7,9H,5-6,8H2,1H3. The highest BCUT2D eigenvalue weighted by Crippen LogP contribution is 2.14. The van der Waals surface area contributed by atoms with Gasteiger partial charge in [-0.25, -0.2) is 0 Å². The minimum absolute atomic E-state index is 0.0256. The van der Waals surface area contributed by atoms with Gasteiger partial charge < -0.3 is 9.64 Å². The van der Waals surface area contributed by atoms with E-state index in [1.807, 2.05) is 6.92 Å². The second-order valence-electron chi connectivity index (χ2n) is 3.94. The maximum Gasteiger partial charge on any atom is 0.254 e. The smallest absolute Gasteiger partial charge is 0.254 e. The van der Waals surface area contributed by atoms with Gasteiger partial charge in [0.2, 0.25) is 0 Å². The second kappa shape index (κ2) is 4.85. The molecule has 1 saturated heterocycles. The number of hydrogen-bond donors (Lipinski definition) is 0. The third kappa shape index (κ3) is 2.54. The maximum absolute atomic E-state index is 12.1. The number of morpholine rings is 1. The van der Waals surface area contributed by atoms with Crippen LogP contribution in [0.2, 0.25) is 5.02 Å². The molecule has 0 aromatic heterocycles. The van der Waals surface area contributed by atoms with Gasteiger partial charge >= 0.3 is 0 Å². The molecule has 1 atom stereocenters. The predicted octanol–water partition coefficient (Wildman–Crippen LogP) is 2.20. The normalized spacial score (nSPS) is 20.9. The van der Waals surface area contributed by atoms with E-state index in [0.717, 1.165) is 0 Å². The number of carbonyl (C=O) groups excluding carboxylic acids is 1. The fraction of sp³-hybridized carbons (Fsp3) is 0.417. The lowest BCUT2D eigenvalue weighted by atomic mass is 10.2. The highest BCUT2D eigenvalue weighted by atomic mass is 35.5. The fourth-order valence-corrected chi connectivity index (χ4v) is 2.00. The van der Waals surface area contributed by atoms with E-state index in [-0.39, 0.29) is 12.0 Å². The van der Waals surface area contributed by atoms with Crippen LogP contribution in [0, 0.1) is 0 Å². The molecule has 1 heterocycles. The van der Waals surface area contributed by atoms with Crippen molar-refractivity contribution in [3.05, 3.63) is 34.9 Å². The molecule has 0 radical (unpaired) electrons. The zero-order valence-electron chi connectivity index (χ0n) is 9.15. The van der Waals surface area contributed by atoms with Gasteiger partial charge in [-0.1, -0.05) is 17.7 Å². The third-order valence-electron chi connectivity index (χ3n) is 2.60. The molecule has 86 valence electrons. The summed E-state index contributed by atoms with van der Waals surface area (Å²) in [6, 6.07) is 7.04. The number of amides is 1. The molecule has 1 amide bonds. The molecule has 0 saturated carbocycles. The van der Waals surface area contributed by atoms with Crippen molar-refractivity contribution in [3.8, 4) is 0 Å². The molecule has 3 nitrogen and oxygen atoms in total. The number of ether oxygens (including phenoxy) is 1. The van der Waals surface area contributed by atoms with E-state index < -0.39 is 0 Å². The first-order valence-corrected chi connectivity index (χ1v) is 5.71. The first kappa shape index (κ1) is 11.4.